The second kappa shape index (κ2) is 16.4. The van der Waals surface area contributed by atoms with Crippen LogP contribution >= 0.6 is 0 Å². The van der Waals surface area contributed by atoms with Crippen molar-refractivity contribution in [1.29, 1.82) is 0 Å². The molecule has 4 N–H and O–H groups in total. The molecule has 2 saturated heterocycles. The van der Waals surface area contributed by atoms with Gasteiger partial charge in [-0.05, 0) is 50.5 Å². The largest absolute Gasteiger partial charge is 0.395 e. The summed E-state index contributed by atoms with van der Waals surface area (Å²) in [6.07, 6.45) is 8.08. The van der Waals surface area contributed by atoms with Gasteiger partial charge in [0.15, 0.2) is 0 Å². The van der Waals surface area contributed by atoms with Crippen molar-refractivity contribution in [3.63, 3.8) is 0 Å². The van der Waals surface area contributed by atoms with E-state index >= 15 is 0 Å². The van der Waals surface area contributed by atoms with Crippen LogP contribution in [0.1, 0.15) is 49.7 Å². The average molecular weight is 580 g/mol. The number of β-amino-alcohol motifs (C(OH)–C–C–N with tert-alkyl or cyclic N) is 1. The molecule has 0 atom stereocenters. The van der Waals surface area contributed by atoms with E-state index in [1.165, 1.54) is 49.7 Å². The molecule has 2 aliphatic heterocycles. The molecule has 5 rings (SSSR count). The molecule has 0 spiro atoms. The molecule has 3 aliphatic rings. The fraction of sp³-hybridized carbons (Fsp3) is 0.688. The number of hydrogen-bond donors (Lipinski definition) is 4. The number of anilines is 3. The van der Waals surface area contributed by atoms with Crippen molar-refractivity contribution in [2.24, 2.45) is 0 Å². The number of piperazine rings is 2. The van der Waals surface area contributed by atoms with E-state index in [0.29, 0.717) is 12.5 Å². The third-order valence-electron chi connectivity index (χ3n) is 9.01. The second-order valence-corrected chi connectivity index (χ2v) is 12.2. The Labute approximate surface area is 252 Å². The molecule has 10 nitrogen and oxygen atoms in total. The fourth-order valence-corrected chi connectivity index (χ4v) is 6.22. The summed E-state index contributed by atoms with van der Waals surface area (Å²) in [6, 6.07) is 11.8. The van der Waals surface area contributed by atoms with Gasteiger partial charge in [0.1, 0.15) is 11.6 Å². The minimum Gasteiger partial charge on any atom is -0.395 e. The molecule has 0 unspecified atom stereocenters. The van der Waals surface area contributed by atoms with E-state index in [9.17, 15) is 5.11 Å². The van der Waals surface area contributed by atoms with Crippen LogP contribution in [0.15, 0.2) is 30.3 Å². The van der Waals surface area contributed by atoms with Crippen molar-refractivity contribution < 1.29 is 5.11 Å². The topological polar surface area (TPSA) is 95.1 Å². The summed E-state index contributed by atoms with van der Waals surface area (Å²) in [7, 11) is 2.18. The lowest BCUT2D eigenvalue weighted by atomic mass is 9.95. The molecule has 3 heterocycles. The second-order valence-electron chi connectivity index (χ2n) is 12.2. The Balaban J connectivity index is 1.11. The summed E-state index contributed by atoms with van der Waals surface area (Å²) < 4.78 is 0. The summed E-state index contributed by atoms with van der Waals surface area (Å²) in [5.74, 6) is 2.68. The lowest BCUT2D eigenvalue weighted by molar-refractivity contribution is 0.188. The van der Waals surface area contributed by atoms with Crippen molar-refractivity contribution in [2.45, 2.75) is 57.7 Å². The van der Waals surface area contributed by atoms with Crippen LogP contribution in [-0.4, -0.2) is 117 Å². The Morgan fingerprint density at radius 2 is 1.40 bits per heavy atom. The van der Waals surface area contributed by atoms with Crippen LogP contribution in [0.2, 0.25) is 0 Å². The molecule has 3 fully saturated rings. The normalized spacial score (nSPS) is 19.4. The number of aliphatic hydroxyl groups is 1. The Morgan fingerprint density at radius 1 is 0.786 bits per heavy atom. The van der Waals surface area contributed by atoms with Crippen LogP contribution in [-0.2, 0) is 13.1 Å². The predicted molar refractivity (Wildman–Crippen MR) is 172 cm³/mol. The first-order valence-corrected chi connectivity index (χ1v) is 16.3. The molecule has 0 amide bonds. The van der Waals surface area contributed by atoms with Crippen molar-refractivity contribution in [3.8, 4) is 0 Å². The molecule has 2 aromatic rings. The Hall–Kier alpha value is -2.50. The Kier molecular flexibility index (Phi) is 12.1. The van der Waals surface area contributed by atoms with E-state index in [2.05, 4.69) is 72.9 Å². The lowest BCUT2D eigenvalue weighted by Gasteiger charge is -2.36. The van der Waals surface area contributed by atoms with Gasteiger partial charge in [0.2, 0.25) is 5.95 Å². The zero-order chi connectivity index (χ0) is 29.0. The summed E-state index contributed by atoms with van der Waals surface area (Å²) in [6.45, 7) is 12.4. The van der Waals surface area contributed by atoms with Crippen LogP contribution in [0.5, 0.6) is 0 Å². The first-order valence-electron chi connectivity index (χ1n) is 16.3. The van der Waals surface area contributed by atoms with E-state index in [-0.39, 0.29) is 6.61 Å². The van der Waals surface area contributed by atoms with E-state index in [0.717, 1.165) is 96.2 Å². The standard InChI is InChI=1S/C32H53N9O/c1-38-14-18-40(19-15-38)30-24-31(41-20-16-39(17-21-41)22-23-42)37-32(36-30)35-26-28-10-8-27(9-11-28)25-33-12-5-13-34-29-6-3-2-4-7-29/h8-11,24,29,33-34,42H,2-7,12-23,25-26H2,1H3,(H,35,36,37). The van der Waals surface area contributed by atoms with Crippen molar-refractivity contribution >= 4 is 17.6 Å². The molecule has 42 heavy (non-hydrogen) atoms. The molecular formula is C32H53N9O. The smallest absolute Gasteiger partial charge is 0.226 e. The summed E-state index contributed by atoms with van der Waals surface area (Å²) in [5, 5.41) is 20.2. The van der Waals surface area contributed by atoms with Crippen molar-refractivity contribution in [1.82, 2.24) is 30.4 Å². The van der Waals surface area contributed by atoms with Gasteiger partial charge < -0.3 is 35.8 Å². The van der Waals surface area contributed by atoms with E-state index in [1.807, 2.05) is 0 Å². The number of aromatic nitrogens is 2. The molecule has 1 saturated carbocycles. The third kappa shape index (κ3) is 9.50. The first kappa shape index (κ1) is 30.9. The molecule has 10 heteroatoms. The summed E-state index contributed by atoms with van der Waals surface area (Å²) >= 11 is 0. The zero-order valence-corrected chi connectivity index (χ0v) is 25.7. The maximum Gasteiger partial charge on any atom is 0.226 e. The van der Waals surface area contributed by atoms with Crippen molar-refractivity contribution in [3.05, 3.63) is 41.5 Å². The summed E-state index contributed by atoms with van der Waals surface area (Å²) in [5.41, 5.74) is 2.54. The highest BCUT2D eigenvalue weighted by Crippen LogP contribution is 2.24. The van der Waals surface area contributed by atoms with Gasteiger partial charge in [0.25, 0.3) is 0 Å². The van der Waals surface area contributed by atoms with Gasteiger partial charge >= 0.3 is 0 Å². The van der Waals surface area contributed by atoms with Gasteiger partial charge in [-0.3, -0.25) is 4.90 Å². The number of nitrogens with one attached hydrogen (secondary N) is 3. The van der Waals surface area contributed by atoms with Crippen LogP contribution < -0.4 is 25.8 Å². The predicted octanol–water partition coefficient (Wildman–Crippen LogP) is 2.36. The lowest BCUT2D eigenvalue weighted by Crippen LogP contribution is -2.48. The number of benzene rings is 1. The number of rotatable bonds is 14. The average Bonchev–Trinajstić information content (AvgIpc) is 3.03. The highest BCUT2D eigenvalue weighted by Gasteiger charge is 2.22. The Bertz CT molecular complexity index is 1050. The quantitative estimate of drug-likeness (QED) is 0.250. The minimum atomic E-state index is 0.213. The molecule has 0 bridgehead atoms. The number of nitrogens with zero attached hydrogens (tertiary/aromatic N) is 6. The van der Waals surface area contributed by atoms with Crippen LogP contribution in [0.25, 0.3) is 0 Å². The van der Waals surface area contributed by atoms with Gasteiger partial charge in [-0.1, -0.05) is 43.5 Å². The minimum absolute atomic E-state index is 0.213. The highest BCUT2D eigenvalue weighted by atomic mass is 16.3. The number of hydrogen-bond acceptors (Lipinski definition) is 10. The molecule has 1 aromatic carbocycles. The van der Waals surface area contributed by atoms with Gasteiger partial charge in [-0.25, -0.2) is 0 Å². The maximum absolute atomic E-state index is 9.31. The monoisotopic (exact) mass is 579 g/mol. The Morgan fingerprint density at radius 3 is 2.05 bits per heavy atom. The van der Waals surface area contributed by atoms with Crippen LogP contribution in [0, 0.1) is 0 Å². The molecule has 232 valence electrons. The number of aliphatic hydroxyl groups excluding tert-OH is 1. The van der Waals surface area contributed by atoms with Gasteiger partial charge in [-0.15, -0.1) is 0 Å². The third-order valence-corrected chi connectivity index (χ3v) is 9.01. The fourth-order valence-electron chi connectivity index (χ4n) is 6.22. The molecular weight excluding hydrogens is 526 g/mol. The van der Waals surface area contributed by atoms with Crippen LogP contribution in [0.4, 0.5) is 17.6 Å². The summed E-state index contributed by atoms with van der Waals surface area (Å²) in [4.78, 5) is 19.3. The van der Waals surface area contributed by atoms with Crippen molar-refractivity contribution in [2.75, 3.05) is 101 Å². The van der Waals surface area contributed by atoms with Gasteiger partial charge in [0, 0.05) is 84.1 Å². The SMILES string of the molecule is CN1CCN(c2cc(N3CCN(CCO)CC3)nc(NCc3ccc(CNCCCNC4CCCCC4)cc3)n2)CC1. The van der Waals surface area contributed by atoms with Gasteiger partial charge in [-0.2, -0.15) is 9.97 Å². The van der Waals surface area contributed by atoms with Crippen LogP contribution in [0.3, 0.4) is 0 Å². The van der Waals surface area contributed by atoms with E-state index in [1.54, 1.807) is 0 Å². The maximum atomic E-state index is 9.31. The molecule has 1 aliphatic carbocycles. The van der Waals surface area contributed by atoms with Gasteiger partial charge in [0.05, 0.1) is 6.61 Å². The zero-order valence-electron chi connectivity index (χ0n) is 25.7. The van der Waals surface area contributed by atoms with E-state index in [4.69, 9.17) is 9.97 Å². The highest BCUT2D eigenvalue weighted by molar-refractivity contribution is 5.55. The molecule has 1 aromatic heterocycles. The van der Waals surface area contributed by atoms with E-state index < -0.39 is 0 Å². The molecule has 0 radical (unpaired) electrons. The number of likely N-dealkylation sites (N-methyl/N-ethyl adjacent to an activating group) is 1. The first-order chi connectivity index (χ1) is 20.7.